The Morgan fingerprint density at radius 3 is 2.60 bits per heavy atom. The Bertz CT molecular complexity index is 515. The van der Waals surface area contributed by atoms with Gasteiger partial charge in [0.25, 0.3) is 0 Å². The highest BCUT2D eigenvalue weighted by Gasteiger charge is 2.49. The maximum absolute atomic E-state index is 12.5. The Kier molecular flexibility index (Phi) is 4.40. The van der Waals surface area contributed by atoms with E-state index >= 15 is 0 Å². The second-order valence-corrected chi connectivity index (χ2v) is 6.24. The minimum atomic E-state index is 0. The van der Waals surface area contributed by atoms with Crippen LogP contribution in [-0.2, 0) is 4.79 Å². The van der Waals surface area contributed by atoms with Gasteiger partial charge in [-0.3, -0.25) is 4.79 Å². The molecule has 0 saturated heterocycles. The van der Waals surface area contributed by atoms with Crippen LogP contribution in [0.2, 0.25) is 0 Å². The zero-order valence-electron chi connectivity index (χ0n) is 12.1. The van der Waals surface area contributed by atoms with Crippen molar-refractivity contribution in [3.8, 4) is 0 Å². The minimum Gasteiger partial charge on any atom is -0.327 e. The molecular formula is C16H23ClN2O. The van der Waals surface area contributed by atoms with Crippen LogP contribution in [0.5, 0.6) is 0 Å². The van der Waals surface area contributed by atoms with E-state index < -0.39 is 0 Å². The van der Waals surface area contributed by atoms with Crippen LogP contribution in [0.4, 0.5) is 5.69 Å². The van der Waals surface area contributed by atoms with E-state index in [1.54, 1.807) is 0 Å². The number of nitrogens with one attached hydrogen (secondary N) is 1. The van der Waals surface area contributed by atoms with Crippen molar-refractivity contribution in [1.82, 2.24) is 0 Å². The van der Waals surface area contributed by atoms with Crippen LogP contribution in [0.15, 0.2) is 18.2 Å². The van der Waals surface area contributed by atoms with Gasteiger partial charge in [-0.2, -0.15) is 0 Å². The number of benzene rings is 1. The molecule has 2 aliphatic carbocycles. The maximum Gasteiger partial charge on any atom is 0.229 e. The van der Waals surface area contributed by atoms with Crippen LogP contribution in [0.25, 0.3) is 0 Å². The molecule has 2 aliphatic rings. The lowest BCUT2D eigenvalue weighted by Crippen LogP contribution is -2.42. The number of carbonyl (C=O) groups excluding carboxylic acids is 1. The number of halogens is 1. The van der Waals surface area contributed by atoms with Gasteiger partial charge in [0.2, 0.25) is 5.91 Å². The molecule has 3 N–H and O–H groups in total. The number of amides is 1. The molecule has 3 rings (SSSR count). The van der Waals surface area contributed by atoms with Crippen molar-refractivity contribution < 1.29 is 4.79 Å². The van der Waals surface area contributed by atoms with E-state index in [0.29, 0.717) is 11.8 Å². The predicted molar refractivity (Wildman–Crippen MR) is 84.1 cm³/mol. The lowest BCUT2D eigenvalue weighted by atomic mass is 9.84. The number of nitrogens with two attached hydrogens (primary N) is 1. The molecule has 1 aromatic carbocycles. The molecule has 0 heterocycles. The van der Waals surface area contributed by atoms with Crippen molar-refractivity contribution in [3.05, 3.63) is 29.3 Å². The van der Waals surface area contributed by atoms with Gasteiger partial charge in [0, 0.05) is 11.7 Å². The Balaban J connectivity index is 0.00000147. The highest BCUT2D eigenvalue weighted by atomic mass is 35.5. The molecule has 4 heteroatoms. The van der Waals surface area contributed by atoms with Gasteiger partial charge in [-0.15, -0.1) is 12.4 Å². The fraction of sp³-hybridized carbons (Fsp3) is 0.562. The smallest absolute Gasteiger partial charge is 0.229 e. The molecule has 2 fully saturated rings. The zero-order chi connectivity index (χ0) is 13.6. The monoisotopic (exact) mass is 294 g/mol. The van der Waals surface area contributed by atoms with E-state index in [2.05, 4.69) is 11.4 Å². The van der Waals surface area contributed by atoms with Crippen molar-refractivity contribution in [2.45, 2.75) is 39.2 Å². The Labute approximate surface area is 126 Å². The van der Waals surface area contributed by atoms with Crippen LogP contribution in [0.1, 0.15) is 30.4 Å². The van der Waals surface area contributed by atoms with E-state index in [4.69, 9.17) is 5.73 Å². The SMILES string of the molecule is Cc1ccc(C)c(NC(=O)C2C3CCC(C3)C2N)c1.Cl. The first-order valence-corrected chi connectivity index (χ1v) is 7.20. The van der Waals surface area contributed by atoms with E-state index in [0.717, 1.165) is 23.2 Å². The van der Waals surface area contributed by atoms with Gasteiger partial charge < -0.3 is 11.1 Å². The van der Waals surface area contributed by atoms with Crippen molar-refractivity contribution in [2.75, 3.05) is 5.32 Å². The second kappa shape index (κ2) is 5.74. The third-order valence-corrected chi connectivity index (χ3v) is 4.93. The van der Waals surface area contributed by atoms with E-state index in [-0.39, 0.29) is 30.3 Å². The minimum absolute atomic E-state index is 0. The molecule has 1 amide bonds. The van der Waals surface area contributed by atoms with Gasteiger partial charge >= 0.3 is 0 Å². The summed E-state index contributed by atoms with van der Waals surface area (Å²) in [4.78, 5) is 12.5. The molecule has 0 radical (unpaired) electrons. The number of carbonyl (C=O) groups is 1. The van der Waals surface area contributed by atoms with Crippen LogP contribution in [0, 0.1) is 31.6 Å². The number of hydrogen-bond acceptors (Lipinski definition) is 2. The quantitative estimate of drug-likeness (QED) is 0.881. The van der Waals surface area contributed by atoms with Crippen LogP contribution in [0.3, 0.4) is 0 Å². The van der Waals surface area contributed by atoms with Crippen LogP contribution in [-0.4, -0.2) is 11.9 Å². The molecule has 1 aromatic rings. The molecular weight excluding hydrogens is 272 g/mol. The molecule has 0 aromatic heterocycles. The summed E-state index contributed by atoms with van der Waals surface area (Å²) in [5.74, 6) is 1.21. The second-order valence-electron chi connectivity index (χ2n) is 6.24. The lowest BCUT2D eigenvalue weighted by Gasteiger charge is -2.27. The van der Waals surface area contributed by atoms with Gasteiger partial charge in [0.05, 0.1) is 5.92 Å². The summed E-state index contributed by atoms with van der Waals surface area (Å²) in [6.07, 6.45) is 3.52. The summed E-state index contributed by atoms with van der Waals surface area (Å²) >= 11 is 0. The Morgan fingerprint density at radius 1 is 1.25 bits per heavy atom. The Hall–Kier alpha value is -1.06. The van der Waals surface area contributed by atoms with Crippen molar-refractivity contribution in [2.24, 2.45) is 23.5 Å². The largest absolute Gasteiger partial charge is 0.327 e. The predicted octanol–water partition coefficient (Wildman–Crippen LogP) is 3.04. The normalized spacial score (nSPS) is 30.9. The van der Waals surface area contributed by atoms with Crippen LogP contribution < -0.4 is 11.1 Å². The first kappa shape index (κ1) is 15.3. The highest BCUT2D eigenvalue weighted by molar-refractivity contribution is 5.94. The first-order chi connectivity index (χ1) is 9.06. The summed E-state index contributed by atoms with van der Waals surface area (Å²) in [6, 6.07) is 6.20. The van der Waals surface area contributed by atoms with Gasteiger partial charge in [-0.25, -0.2) is 0 Å². The zero-order valence-corrected chi connectivity index (χ0v) is 12.9. The number of fused-ring (bicyclic) bond motifs is 2. The Morgan fingerprint density at radius 2 is 1.95 bits per heavy atom. The third-order valence-electron chi connectivity index (χ3n) is 4.93. The third kappa shape index (κ3) is 2.57. The lowest BCUT2D eigenvalue weighted by molar-refractivity contribution is -0.121. The standard InChI is InChI=1S/C16H22N2O.ClH/c1-9-3-4-10(2)13(7-9)18-16(19)14-11-5-6-12(8-11)15(14)17;/h3-4,7,11-12,14-15H,5-6,8,17H2,1-2H3,(H,18,19);1H. The highest BCUT2D eigenvalue weighted by Crippen LogP contribution is 2.47. The first-order valence-electron chi connectivity index (χ1n) is 7.20. The molecule has 110 valence electrons. The average molecular weight is 295 g/mol. The fourth-order valence-electron chi connectivity index (χ4n) is 3.81. The van der Waals surface area contributed by atoms with Crippen molar-refractivity contribution >= 4 is 24.0 Å². The maximum atomic E-state index is 12.5. The van der Waals surface area contributed by atoms with E-state index in [9.17, 15) is 4.79 Å². The number of aryl methyl sites for hydroxylation is 2. The van der Waals surface area contributed by atoms with E-state index in [1.165, 1.54) is 12.8 Å². The summed E-state index contributed by atoms with van der Waals surface area (Å²) in [5, 5.41) is 3.09. The van der Waals surface area contributed by atoms with Gasteiger partial charge in [0.1, 0.15) is 0 Å². The number of anilines is 1. The van der Waals surface area contributed by atoms with E-state index in [1.807, 2.05) is 26.0 Å². The molecule has 4 atom stereocenters. The topological polar surface area (TPSA) is 55.1 Å². The molecule has 4 unspecified atom stereocenters. The summed E-state index contributed by atoms with van der Waals surface area (Å²) < 4.78 is 0. The summed E-state index contributed by atoms with van der Waals surface area (Å²) in [7, 11) is 0. The molecule has 2 bridgehead atoms. The molecule has 3 nitrogen and oxygen atoms in total. The van der Waals surface area contributed by atoms with Gasteiger partial charge in [-0.05, 0) is 62.1 Å². The van der Waals surface area contributed by atoms with Crippen molar-refractivity contribution in [3.63, 3.8) is 0 Å². The molecule has 0 aliphatic heterocycles. The molecule has 20 heavy (non-hydrogen) atoms. The summed E-state index contributed by atoms with van der Waals surface area (Å²) in [5.41, 5.74) is 9.43. The van der Waals surface area contributed by atoms with Crippen LogP contribution >= 0.6 is 12.4 Å². The molecule has 2 saturated carbocycles. The fourth-order valence-corrected chi connectivity index (χ4v) is 3.81. The molecule has 0 spiro atoms. The number of hydrogen-bond donors (Lipinski definition) is 2. The van der Waals surface area contributed by atoms with Gasteiger partial charge in [-0.1, -0.05) is 12.1 Å². The average Bonchev–Trinajstić information content (AvgIpc) is 2.94. The summed E-state index contributed by atoms with van der Waals surface area (Å²) in [6.45, 7) is 4.06. The number of rotatable bonds is 2. The van der Waals surface area contributed by atoms with Gasteiger partial charge in [0.15, 0.2) is 0 Å². The van der Waals surface area contributed by atoms with Crippen molar-refractivity contribution in [1.29, 1.82) is 0 Å².